The number of carbonyl (C=O) groups excluding carboxylic acids is 1. The number of hydrogen-bond donors (Lipinski definition) is 0. The van der Waals surface area contributed by atoms with Gasteiger partial charge in [0.2, 0.25) is 5.91 Å². The molecule has 27 heavy (non-hydrogen) atoms. The molecule has 1 saturated heterocycles. The Bertz CT molecular complexity index is 823. The Morgan fingerprint density at radius 3 is 2.93 bits per heavy atom. The molecule has 6 heteroatoms. The van der Waals surface area contributed by atoms with Gasteiger partial charge in [0, 0.05) is 55.7 Å². The number of fused-ring (bicyclic) bond motifs is 1. The molecule has 1 amide bonds. The van der Waals surface area contributed by atoms with Gasteiger partial charge in [-0.25, -0.2) is 9.97 Å². The highest BCUT2D eigenvalue weighted by Crippen LogP contribution is 2.31. The predicted molar refractivity (Wildman–Crippen MR) is 105 cm³/mol. The van der Waals surface area contributed by atoms with E-state index in [0.717, 1.165) is 61.8 Å². The van der Waals surface area contributed by atoms with Gasteiger partial charge in [-0.1, -0.05) is 6.07 Å². The van der Waals surface area contributed by atoms with E-state index in [9.17, 15) is 4.79 Å². The van der Waals surface area contributed by atoms with E-state index in [0.29, 0.717) is 13.0 Å². The summed E-state index contributed by atoms with van der Waals surface area (Å²) in [7, 11) is 2.11. The largest absolute Gasteiger partial charge is 0.359 e. The van der Waals surface area contributed by atoms with E-state index < -0.39 is 0 Å². The monoisotopic (exact) mass is 365 g/mol. The van der Waals surface area contributed by atoms with E-state index in [1.807, 2.05) is 23.1 Å². The number of rotatable bonds is 3. The SMILES string of the molecule is Cc1nc([C@@H]2CCCN(C(=O)Cc3ccccn3)C2)nc2c1CCCN2C. The summed E-state index contributed by atoms with van der Waals surface area (Å²) in [5, 5.41) is 0. The summed E-state index contributed by atoms with van der Waals surface area (Å²) < 4.78 is 0. The first-order chi connectivity index (χ1) is 13.1. The zero-order chi connectivity index (χ0) is 18.8. The average Bonchev–Trinajstić information content (AvgIpc) is 2.69. The highest BCUT2D eigenvalue weighted by atomic mass is 16.2. The number of carbonyl (C=O) groups is 1. The molecule has 6 nitrogen and oxygen atoms in total. The number of pyridine rings is 1. The van der Waals surface area contributed by atoms with Crippen molar-refractivity contribution in [1.82, 2.24) is 19.9 Å². The van der Waals surface area contributed by atoms with Crippen LogP contribution in [-0.4, -0.2) is 52.4 Å². The minimum Gasteiger partial charge on any atom is -0.359 e. The summed E-state index contributed by atoms with van der Waals surface area (Å²) in [5.74, 6) is 2.34. The fourth-order valence-corrected chi connectivity index (χ4v) is 4.18. The number of aromatic nitrogens is 3. The Balaban J connectivity index is 1.51. The van der Waals surface area contributed by atoms with Gasteiger partial charge >= 0.3 is 0 Å². The molecule has 0 aromatic carbocycles. The zero-order valence-corrected chi connectivity index (χ0v) is 16.2. The van der Waals surface area contributed by atoms with Crippen molar-refractivity contribution in [3.05, 3.63) is 47.2 Å². The molecule has 0 unspecified atom stereocenters. The fourth-order valence-electron chi connectivity index (χ4n) is 4.18. The van der Waals surface area contributed by atoms with Crippen molar-refractivity contribution in [2.24, 2.45) is 0 Å². The molecule has 2 aromatic heterocycles. The molecule has 1 fully saturated rings. The molecular formula is C21H27N5O. The van der Waals surface area contributed by atoms with Crippen molar-refractivity contribution in [3.63, 3.8) is 0 Å². The number of hydrogen-bond acceptors (Lipinski definition) is 5. The van der Waals surface area contributed by atoms with Gasteiger partial charge in [0.15, 0.2) is 0 Å². The van der Waals surface area contributed by atoms with Crippen molar-refractivity contribution in [3.8, 4) is 0 Å². The van der Waals surface area contributed by atoms with Crippen LogP contribution < -0.4 is 4.90 Å². The van der Waals surface area contributed by atoms with Crippen LogP contribution >= 0.6 is 0 Å². The van der Waals surface area contributed by atoms with Crippen LogP contribution in [0.5, 0.6) is 0 Å². The summed E-state index contributed by atoms with van der Waals surface area (Å²) in [6.45, 7) is 4.65. The van der Waals surface area contributed by atoms with Crippen LogP contribution in [0.2, 0.25) is 0 Å². The van der Waals surface area contributed by atoms with Crippen LogP contribution in [0.3, 0.4) is 0 Å². The van der Waals surface area contributed by atoms with E-state index in [1.165, 1.54) is 5.56 Å². The lowest BCUT2D eigenvalue weighted by molar-refractivity contribution is -0.131. The molecule has 0 saturated carbocycles. The molecule has 0 spiro atoms. The van der Waals surface area contributed by atoms with Crippen LogP contribution in [0.4, 0.5) is 5.82 Å². The minimum absolute atomic E-state index is 0.144. The van der Waals surface area contributed by atoms with Crippen LogP contribution in [0.25, 0.3) is 0 Å². The first-order valence-corrected chi connectivity index (χ1v) is 9.88. The molecule has 0 bridgehead atoms. The summed E-state index contributed by atoms with van der Waals surface area (Å²) in [5.41, 5.74) is 3.21. The first-order valence-electron chi connectivity index (χ1n) is 9.88. The van der Waals surface area contributed by atoms with E-state index in [2.05, 4.69) is 23.9 Å². The molecule has 2 aromatic rings. The van der Waals surface area contributed by atoms with Gasteiger partial charge < -0.3 is 9.80 Å². The second-order valence-electron chi connectivity index (χ2n) is 7.67. The number of piperidine rings is 1. The predicted octanol–water partition coefficient (Wildman–Crippen LogP) is 2.51. The van der Waals surface area contributed by atoms with Crippen LogP contribution in [0.15, 0.2) is 24.4 Å². The summed E-state index contributed by atoms with van der Waals surface area (Å²) in [4.78, 5) is 31.0. The molecule has 2 aliphatic rings. The standard InChI is InChI=1S/C21H27N5O/c1-15-18-9-6-11-25(2)21(18)24-20(23-15)16-7-5-12-26(14-16)19(27)13-17-8-3-4-10-22-17/h3-4,8,10,16H,5-7,9,11-14H2,1-2H3/t16-/m1/s1. The van der Waals surface area contributed by atoms with Crippen molar-refractivity contribution >= 4 is 11.7 Å². The van der Waals surface area contributed by atoms with Gasteiger partial charge in [0.1, 0.15) is 11.6 Å². The summed E-state index contributed by atoms with van der Waals surface area (Å²) in [6, 6.07) is 5.71. The molecule has 4 heterocycles. The topological polar surface area (TPSA) is 62.2 Å². The quantitative estimate of drug-likeness (QED) is 0.836. The summed E-state index contributed by atoms with van der Waals surface area (Å²) >= 11 is 0. The van der Waals surface area contributed by atoms with Crippen molar-refractivity contribution in [1.29, 1.82) is 0 Å². The fraction of sp³-hybridized carbons (Fsp3) is 0.524. The Morgan fingerprint density at radius 2 is 2.11 bits per heavy atom. The maximum absolute atomic E-state index is 12.7. The second-order valence-corrected chi connectivity index (χ2v) is 7.67. The zero-order valence-electron chi connectivity index (χ0n) is 16.2. The third-order valence-corrected chi connectivity index (χ3v) is 5.69. The Kier molecular flexibility index (Phi) is 5.05. The van der Waals surface area contributed by atoms with E-state index in [-0.39, 0.29) is 11.8 Å². The Morgan fingerprint density at radius 1 is 1.22 bits per heavy atom. The van der Waals surface area contributed by atoms with Crippen molar-refractivity contribution in [2.45, 2.75) is 44.9 Å². The first kappa shape index (κ1) is 17.9. The van der Waals surface area contributed by atoms with Crippen molar-refractivity contribution in [2.75, 3.05) is 31.6 Å². The lowest BCUT2D eigenvalue weighted by Crippen LogP contribution is -2.40. The second kappa shape index (κ2) is 7.62. The molecular weight excluding hydrogens is 338 g/mol. The van der Waals surface area contributed by atoms with Crippen LogP contribution in [0.1, 0.15) is 48.0 Å². The highest BCUT2D eigenvalue weighted by molar-refractivity contribution is 5.78. The Labute approximate surface area is 160 Å². The van der Waals surface area contributed by atoms with Gasteiger partial charge in [-0.2, -0.15) is 0 Å². The van der Waals surface area contributed by atoms with E-state index >= 15 is 0 Å². The third kappa shape index (κ3) is 3.80. The number of likely N-dealkylation sites (tertiary alicyclic amines) is 1. The molecule has 0 radical (unpaired) electrons. The van der Waals surface area contributed by atoms with E-state index in [1.54, 1.807) is 6.20 Å². The molecule has 0 N–H and O–H groups in total. The lowest BCUT2D eigenvalue weighted by Gasteiger charge is -2.33. The van der Waals surface area contributed by atoms with E-state index in [4.69, 9.17) is 9.97 Å². The molecule has 0 aliphatic carbocycles. The maximum atomic E-state index is 12.7. The van der Waals surface area contributed by atoms with Crippen LogP contribution in [-0.2, 0) is 17.6 Å². The average molecular weight is 365 g/mol. The number of anilines is 1. The van der Waals surface area contributed by atoms with Gasteiger partial charge in [-0.15, -0.1) is 0 Å². The molecule has 4 rings (SSSR count). The molecule has 1 atom stereocenters. The Hall–Kier alpha value is -2.50. The number of amides is 1. The van der Waals surface area contributed by atoms with Gasteiger partial charge in [-0.05, 0) is 44.7 Å². The molecule has 142 valence electrons. The summed E-state index contributed by atoms with van der Waals surface area (Å²) in [6.07, 6.45) is 6.35. The highest BCUT2D eigenvalue weighted by Gasteiger charge is 2.29. The third-order valence-electron chi connectivity index (χ3n) is 5.69. The minimum atomic E-state index is 0.144. The van der Waals surface area contributed by atoms with Gasteiger partial charge in [-0.3, -0.25) is 9.78 Å². The normalized spacial score (nSPS) is 19.7. The van der Waals surface area contributed by atoms with Gasteiger partial charge in [0.25, 0.3) is 0 Å². The van der Waals surface area contributed by atoms with Crippen LogP contribution in [0, 0.1) is 6.92 Å². The lowest BCUT2D eigenvalue weighted by atomic mass is 9.95. The molecule has 2 aliphatic heterocycles. The number of aryl methyl sites for hydroxylation is 1. The maximum Gasteiger partial charge on any atom is 0.228 e. The smallest absolute Gasteiger partial charge is 0.228 e. The van der Waals surface area contributed by atoms with Gasteiger partial charge in [0.05, 0.1) is 6.42 Å². The number of nitrogens with zero attached hydrogens (tertiary/aromatic N) is 5. The van der Waals surface area contributed by atoms with Crippen molar-refractivity contribution < 1.29 is 4.79 Å².